The molecule has 0 atom stereocenters. The highest BCUT2D eigenvalue weighted by atomic mass is 32.1. The summed E-state index contributed by atoms with van der Waals surface area (Å²) in [5, 5.41) is 17.3. The number of anilines is 1. The molecule has 33 heavy (non-hydrogen) atoms. The quantitative estimate of drug-likeness (QED) is 0.252. The zero-order chi connectivity index (χ0) is 23.9. The highest BCUT2D eigenvalue weighted by molar-refractivity contribution is 7.80. The van der Waals surface area contributed by atoms with E-state index >= 15 is 0 Å². The summed E-state index contributed by atoms with van der Waals surface area (Å²) in [6.07, 6.45) is 0. The Labute approximate surface area is 192 Å². The molecule has 0 saturated carbocycles. The van der Waals surface area contributed by atoms with Gasteiger partial charge in [0.1, 0.15) is 10.6 Å². The van der Waals surface area contributed by atoms with Crippen molar-refractivity contribution in [3.63, 3.8) is 0 Å². The number of methoxy groups -OCH3 is 1. The van der Waals surface area contributed by atoms with Gasteiger partial charge < -0.3 is 10.1 Å². The molecule has 0 aliphatic carbocycles. The molecular formula is C19H12F4N6O2S2. The van der Waals surface area contributed by atoms with Gasteiger partial charge >= 0.3 is 0 Å². The standard InChI is InChI=1S/C19H12F4N6O2S2/c1-7-26-27-19-29(7)28-17(33-19)8-3-5-9(6-4-8)24-18(32)25-16(30)10-11(20)13(22)15(31-2)14(23)12(10)21/h3-6H,1-2H3,(H2,24,25,30,32). The van der Waals surface area contributed by atoms with Crippen LogP contribution in [0.4, 0.5) is 23.2 Å². The van der Waals surface area contributed by atoms with Crippen molar-refractivity contribution >= 4 is 45.2 Å². The fourth-order valence-corrected chi connectivity index (χ4v) is 3.95. The minimum absolute atomic E-state index is 0.349. The van der Waals surface area contributed by atoms with E-state index in [-0.39, 0.29) is 5.11 Å². The summed E-state index contributed by atoms with van der Waals surface area (Å²) in [6.45, 7) is 1.78. The molecule has 0 bridgehead atoms. The third-order valence-electron chi connectivity index (χ3n) is 4.42. The summed E-state index contributed by atoms with van der Waals surface area (Å²) in [6, 6.07) is 6.69. The van der Waals surface area contributed by atoms with Crippen LogP contribution in [0.1, 0.15) is 16.2 Å². The van der Waals surface area contributed by atoms with E-state index in [4.69, 9.17) is 12.2 Å². The van der Waals surface area contributed by atoms with Crippen molar-refractivity contribution in [2.45, 2.75) is 6.92 Å². The zero-order valence-corrected chi connectivity index (χ0v) is 18.4. The van der Waals surface area contributed by atoms with Crippen LogP contribution < -0.4 is 15.4 Å². The number of carbonyl (C=O) groups excluding carboxylic acids is 1. The maximum atomic E-state index is 14.1. The van der Waals surface area contributed by atoms with Crippen molar-refractivity contribution in [1.29, 1.82) is 0 Å². The average Bonchev–Trinajstić information content (AvgIpc) is 3.35. The molecule has 4 aromatic rings. The highest BCUT2D eigenvalue weighted by Crippen LogP contribution is 2.30. The lowest BCUT2D eigenvalue weighted by Gasteiger charge is -2.13. The van der Waals surface area contributed by atoms with E-state index < -0.39 is 40.5 Å². The lowest BCUT2D eigenvalue weighted by atomic mass is 10.1. The van der Waals surface area contributed by atoms with Gasteiger partial charge in [0.25, 0.3) is 5.91 Å². The van der Waals surface area contributed by atoms with Gasteiger partial charge in [-0.3, -0.25) is 10.1 Å². The average molecular weight is 496 g/mol. The lowest BCUT2D eigenvalue weighted by molar-refractivity contribution is 0.0966. The Morgan fingerprint density at radius 1 is 1.06 bits per heavy atom. The molecule has 0 aliphatic heterocycles. The summed E-state index contributed by atoms with van der Waals surface area (Å²) >= 11 is 6.30. The van der Waals surface area contributed by atoms with Crippen LogP contribution in [0.3, 0.4) is 0 Å². The number of fused-ring (bicyclic) bond motifs is 1. The third-order valence-corrected chi connectivity index (χ3v) is 5.57. The zero-order valence-electron chi connectivity index (χ0n) is 16.7. The number of ether oxygens (including phenoxy) is 1. The molecule has 0 radical (unpaired) electrons. The molecule has 0 spiro atoms. The van der Waals surface area contributed by atoms with Gasteiger partial charge in [-0.05, 0) is 43.4 Å². The van der Waals surface area contributed by atoms with Crippen LogP contribution in [0.2, 0.25) is 0 Å². The number of rotatable bonds is 4. The fourth-order valence-electron chi connectivity index (χ4n) is 2.85. The van der Waals surface area contributed by atoms with Crippen LogP contribution in [-0.4, -0.2) is 37.9 Å². The van der Waals surface area contributed by atoms with E-state index in [1.165, 1.54) is 11.3 Å². The topological polar surface area (TPSA) is 93.4 Å². The maximum absolute atomic E-state index is 14.1. The summed E-state index contributed by atoms with van der Waals surface area (Å²) in [7, 11) is 0.829. The summed E-state index contributed by atoms with van der Waals surface area (Å²) in [5.41, 5.74) is -0.265. The van der Waals surface area contributed by atoms with Crippen molar-refractivity contribution in [2.24, 2.45) is 0 Å². The molecule has 1 amide bonds. The summed E-state index contributed by atoms with van der Waals surface area (Å²) in [4.78, 5) is 12.8. The van der Waals surface area contributed by atoms with Gasteiger partial charge in [-0.1, -0.05) is 11.3 Å². The van der Waals surface area contributed by atoms with Gasteiger partial charge in [0.15, 0.2) is 28.3 Å². The molecule has 170 valence electrons. The Bertz CT molecular complexity index is 1370. The smallest absolute Gasteiger partial charge is 0.263 e. The number of aryl methyl sites for hydroxylation is 1. The molecule has 14 heteroatoms. The van der Waals surface area contributed by atoms with Crippen LogP contribution in [0.5, 0.6) is 5.75 Å². The SMILES string of the molecule is COc1c(F)c(F)c(C(=O)NC(=S)Nc2ccc(-c3nn4c(C)nnc4s3)cc2)c(F)c1F. The van der Waals surface area contributed by atoms with Gasteiger partial charge in [0, 0.05) is 11.3 Å². The van der Waals surface area contributed by atoms with Gasteiger partial charge in [-0.25, -0.2) is 8.78 Å². The third kappa shape index (κ3) is 4.09. The first-order valence-electron chi connectivity index (χ1n) is 9.02. The molecule has 0 aliphatic rings. The van der Waals surface area contributed by atoms with Gasteiger partial charge in [-0.15, -0.1) is 10.2 Å². The van der Waals surface area contributed by atoms with Crippen molar-refractivity contribution < 1.29 is 27.1 Å². The van der Waals surface area contributed by atoms with Gasteiger partial charge in [0.2, 0.25) is 16.6 Å². The number of hydrogen-bond donors (Lipinski definition) is 2. The second-order valence-corrected chi connectivity index (χ2v) is 7.86. The first kappa shape index (κ1) is 22.5. The number of nitrogens with one attached hydrogen (secondary N) is 2. The van der Waals surface area contributed by atoms with Gasteiger partial charge in [0.05, 0.1) is 7.11 Å². The Hall–Kier alpha value is -3.65. The molecule has 8 nitrogen and oxygen atoms in total. The molecule has 2 aromatic carbocycles. The molecule has 0 fully saturated rings. The van der Waals surface area contributed by atoms with E-state index in [1.807, 2.05) is 5.32 Å². The van der Waals surface area contributed by atoms with Crippen LogP contribution in [-0.2, 0) is 0 Å². The fraction of sp³-hybridized carbons (Fsp3) is 0.105. The van der Waals surface area contributed by atoms with Gasteiger partial charge in [-0.2, -0.15) is 18.4 Å². The second-order valence-electron chi connectivity index (χ2n) is 6.50. The van der Waals surface area contributed by atoms with E-state index in [2.05, 4.69) is 25.3 Å². The Morgan fingerprint density at radius 3 is 2.27 bits per heavy atom. The highest BCUT2D eigenvalue weighted by Gasteiger charge is 2.30. The number of halogens is 4. The minimum atomic E-state index is -1.91. The molecule has 0 unspecified atom stereocenters. The summed E-state index contributed by atoms with van der Waals surface area (Å²) in [5.74, 6) is -9.59. The number of amides is 1. The maximum Gasteiger partial charge on any atom is 0.263 e. The monoisotopic (exact) mass is 496 g/mol. The van der Waals surface area contributed by atoms with Crippen molar-refractivity contribution in [3.8, 4) is 16.3 Å². The van der Waals surface area contributed by atoms with Crippen molar-refractivity contribution in [2.75, 3.05) is 12.4 Å². The Morgan fingerprint density at radius 2 is 1.70 bits per heavy atom. The Balaban J connectivity index is 1.47. The first-order chi connectivity index (χ1) is 15.7. The molecular weight excluding hydrogens is 484 g/mol. The Kier molecular flexibility index (Phi) is 5.95. The normalized spacial score (nSPS) is 11.0. The molecule has 4 rings (SSSR count). The number of benzene rings is 2. The molecule has 2 heterocycles. The molecule has 2 N–H and O–H groups in total. The number of aromatic nitrogens is 4. The van der Waals surface area contributed by atoms with Crippen molar-refractivity contribution in [3.05, 3.63) is 58.9 Å². The molecule has 2 aromatic heterocycles. The van der Waals surface area contributed by atoms with Crippen molar-refractivity contribution in [1.82, 2.24) is 25.1 Å². The minimum Gasteiger partial charge on any atom is -0.491 e. The lowest BCUT2D eigenvalue weighted by Crippen LogP contribution is -2.35. The predicted molar refractivity (Wildman–Crippen MR) is 115 cm³/mol. The summed E-state index contributed by atoms with van der Waals surface area (Å²) < 4.78 is 61.8. The van der Waals surface area contributed by atoms with E-state index in [9.17, 15) is 22.4 Å². The number of carbonyl (C=O) groups is 1. The van der Waals surface area contributed by atoms with Crippen LogP contribution >= 0.6 is 23.6 Å². The number of thiocarbonyl (C=S) groups is 1. The molecule has 0 saturated heterocycles. The van der Waals surface area contributed by atoms with E-state index in [1.54, 1.807) is 35.7 Å². The predicted octanol–water partition coefficient (Wildman–Crippen LogP) is 3.85. The van der Waals surface area contributed by atoms with Crippen LogP contribution in [0.15, 0.2) is 24.3 Å². The van der Waals surface area contributed by atoms with E-state index in [0.717, 1.165) is 12.7 Å². The largest absolute Gasteiger partial charge is 0.491 e. The van der Waals surface area contributed by atoms with Crippen LogP contribution in [0, 0.1) is 30.2 Å². The van der Waals surface area contributed by atoms with Crippen LogP contribution in [0.25, 0.3) is 15.5 Å². The number of nitrogens with zero attached hydrogens (tertiary/aromatic N) is 4. The first-order valence-corrected chi connectivity index (χ1v) is 10.2. The number of hydrogen-bond acceptors (Lipinski definition) is 7. The second kappa shape index (κ2) is 8.71. The van der Waals surface area contributed by atoms with E-state index in [0.29, 0.717) is 21.5 Å².